The highest BCUT2D eigenvalue weighted by Crippen LogP contribution is 2.29. The van der Waals surface area contributed by atoms with E-state index in [0.29, 0.717) is 12.0 Å². The van der Waals surface area contributed by atoms with Gasteiger partial charge in [-0.05, 0) is 38.6 Å². The molecule has 1 fully saturated rings. The van der Waals surface area contributed by atoms with Gasteiger partial charge in [0.25, 0.3) is 0 Å². The molecule has 17 heavy (non-hydrogen) atoms. The smallest absolute Gasteiger partial charge is 0.136 e. The van der Waals surface area contributed by atoms with Crippen molar-refractivity contribution in [3.63, 3.8) is 0 Å². The predicted molar refractivity (Wildman–Crippen MR) is 66.9 cm³/mol. The molecule has 0 saturated carbocycles. The number of piperidine rings is 1. The number of fused-ring (bicyclic) bond motifs is 1. The van der Waals surface area contributed by atoms with E-state index in [1.165, 1.54) is 30.9 Å². The molecular formula is C13H22N4. The lowest BCUT2D eigenvalue weighted by Crippen LogP contribution is -2.36. The third-order valence-corrected chi connectivity index (χ3v) is 4.22. The summed E-state index contributed by atoms with van der Waals surface area (Å²) in [6.45, 7) is 6.81. The molecule has 0 bridgehead atoms. The highest BCUT2D eigenvalue weighted by molar-refractivity contribution is 5.07. The topological polar surface area (TPSA) is 42.7 Å². The second-order valence-corrected chi connectivity index (χ2v) is 5.80. The summed E-state index contributed by atoms with van der Waals surface area (Å²) in [6.07, 6.45) is 4.79. The van der Waals surface area contributed by atoms with Crippen LogP contribution in [0.5, 0.6) is 0 Å². The minimum absolute atomic E-state index is 0.612. The molecule has 3 rings (SSSR count). The maximum atomic E-state index is 4.48. The number of aromatic nitrogens is 3. The zero-order chi connectivity index (χ0) is 11.8. The molecule has 0 aliphatic carbocycles. The van der Waals surface area contributed by atoms with Gasteiger partial charge in [-0.1, -0.05) is 6.92 Å². The second-order valence-electron chi connectivity index (χ2n) is 5.80. The van der Waals surface area contributed by atoms with E-state index in [2.05, 4.69) is 33.9 Å². The molecule has 0 radical (unpaired) electrons. The molecule has 1 saturated heterocycles. The number of nitrogens with one attached hydrogen (secondary N) is 1. The molecular weight excluding hydrogens is 212 g/mol. The Morgan fingerprint density at radius 3 is 2.94 bits per heavy atom. The normalized spacial score (nSPS) is 33.4. The Hall–Kier alpha value is -0.900. The fourth-order valence-electron chi connectivity index (χ4n) is 3.18. The number of hydrogen-bond donors (Lipinski definition) is 1. The standard InChI is InChI=1S/C13H22N4/c1-9-4-6-17-12(7-9)15-16-13(17)11-3-5-14-10(2)8-11/h9-11,14H,3-8H2,1-2H3. The lowest BCUT2D eigenvalue weighted by atomic mass is 9.92. The first kappa shape index (κ1) is 11.2. The molecule has 1 aromatic rings. The van der Waals surface area contributed by atoms with Gasteiger partial charge in [-0.15, -0.1) is 10.2 Å². The van der Waals surface area contributed by atoms with E-state index >= 15 is 0 Å². The molecule has 2 aliphatic heterocycles. The molecule has 4 nitrogen and oxygen atoms in total. The van der Waals surface area contributed by atoms with Crippen molar-refractivity contribution in [2.75, 3.05) is 6.54 Å². The van der Waals surface area contributed by atoms with E-state index in [0.717, 1.165) is 25.4 Å². The average Bonchev–Trinajstić information content (AvgIpc) is 2.71. The molecule has 1 aromatic heterocycles. The van der Waals surface area contributed by atoms with Crippen molar-refractivity contribution in [3.05, 3.63) is 11.6 Å². The highest BCUT2D eigenvalue weighted by atomic mass is 15.3. The minimum atomic E-state index is 0.612. The van der Waals surface area contributed by atoms with Crippen LogP contribution in [0, 0.1) is 5.92 Å². The van der Waals surface area contributed by atoms with Crippen LogP contribution in [0.3, 0.4) is 0 Å². The maximum Gasteiger partial charge on any atom is 0.136 e. The molecule has 94 valence electrons. The van der Waals surface area contributed by atoms with Gasteiger partial charge in [0.2, 0.25) is 0 Å². The first-order valence-corrected chi connectivity index (χ1v) is 6.89. The monoisotopic (exact) mass is 234 g/mol. The van der Waals surface area contributed by atoms with Crippen LogP contribution in [0.1, 0.15) is 50.7 Å². The Labute approximate surface area is 103 Å². The van der Waals surface area contributed by atoms with E-state index in [-0.39, 0.29) is 0 Å². The zero-order valence-electron chi connectivity index (χ0n) is 10.8. The molecule has 0 spiro atoms. The summed E-state index contributed by atoms with van der Waals surface area (Å²) in [6, 6.07) is 0.615. The fraction of sp³-hybridized carbons (Fsp3) is 0.846. The fourth-order valence-corrected chi connectivity index (χ4v) is 3.18. The summed E-state index contributed by atoms with van der Waals surface area (Å²) in [5.74, 6) is 3.84. The summed E-state index contributed by atoms with van der Waals surface area (Å²) >= 11 is 0. The van der Waals surface area contributed by atoms with Gasteiger partial charge in [0, 0.05) is 24.9 Å². The van der Waals surface area contributed by atoms with Gasteiger partial charge in [-0.2, -0.15) is 0 Å². The lowest BCUT2D eigenvalue weighted by molar-refractivity contribution is 0.346. The third-order valence-electron chi connectivity index (χ3n) is 4.22. The van der Waals surface area contributed by atoms with Gasteiger partial charge >= 0.3 is 0 Å². The maximum absolute atomic E-state index is 4.48. The van der Waals surface area contributed by atoms with Crippen LogP contribution in [0.15, 0.2) is 0 Å². The van der Waals surface area contributed by atoms with Crippen LogP contribution >= 0.6 is 0 Å². The van der Waals surface area contributed by atoms with Crippen LogP contribution < -0.4 is 5.32 Å². The van der Waals surface area contributed by atoms with E-state index < -0.39 is 0 Å². The van der Waals surface area contributed by atoms with Gasteiger partial charge in [0.15, 0.2) is 0 Å². The van der Waals surface area contributed by atoms with Crippen LogP contribution in [0.4, 0.5) is 0 Å². The molecule has 2 aliphatic rings. The summed E-state index contributed by atoms with van der Waals surface area (Å²) in [7, 11) is 0. The summed E-state index contributed by atoms with van der Waals surface area (Å²) < 4.78 is 2.39. The Morgan fingerprint density at radius 1 is 1.24 bits per heavy atom. The summed E-state index contributed by atoms with van der Waals surface area (Å²) in [5.41, 5.74) is 0. The highest BCUT2D eigenvalue weighted by Gasteiger charge is 2.27. The Balaban J connectivity index is 1.84. The molecule has 0 aromatic carbocycles. The van der Waals surface area contributed by atoms with Crippen molar-refractivity contribution in [1.82, 2.24) is 20.1 Å². The van der Waals surface area contributed by atoms with Crippen LogP contribution in [0.25, 0.3) is 0 Å². The molecule has 0 amide bonds. The first-order chi connectivity index (χ1) is 8.24. The van der Waals surface area contributed by atoms with Gasteiger partial charge < -0.3 is 9.88 Å². The number of hydrogen-bond acceptors (Lipinski definition) is 3. The van der Waals surface area contributed by atoms with E-state index in [9.17, 15) is 0 Å². The van der Waals surface area contributed by atoms with Gasteiger partial charge in [0.1, 0.15) is 11.6 Å². The largest absolute Gasteiger partial charge is 0.315 e. The lowest BCUT2D eigenvalue weighted by Gasteiger charge is -2.29. The van der Waals surface area contributed by atoms with Crippen LogP contribution in [-0.2, 0) is 13.0 Å². The Morgan fingerprint density at radius 2 is 2.12 bits per heavy atom. The molecule has 4 heteroatoms. The molecule has 3 unspecified atom stereocenters. The predicted octanol–water partition coefficient (Wildman–Crippen LogP) is 1.72. The molecule has 1 N–H and O–H groups in total. The van der Waals surface area contributed by atoms with Crippen molar-refractivity contribution in [3.8, 4) is 0 Å². The van der Waals surface area contributed by atoms with Crippen molar-refractivity contribution in [1.29, 1.82) is 0 Å². The average molecular weight is 234 g/mol. The van der Waals surface area contributed by atoms with Crippen LogP contribution in [0.2, 0.25) is 0 Å². The SMILES string of the molecule is CC1CCn2c(nnc2C2CCNC(C)C2)C1. The minimum Gasteiger partial charge on any atom is -0.315 e. The first-order valence-electron chi connectivity index (χ1n) is 6.89. The summed E-state index contributed by atoms with van der Waals surface area (Å²) in [5, 5.41) is 12.4. The zero-order valence-corrected chi connectivity index (χ0v) is 10.8. The Bertz CT molecular complexity index is 398. The molecule has 3 atom stereocenters. The van der Waals surface area contributed by atoms with Gasteiger partial charge in [-0.25, -0.2) is 0 Å². The quantitative estimate of drug-likeness (QED) is 0.804. The van der Waals surface area contributed by atoms with Gasteiger partial charge in [0.05, 0.1) is 0 Å². The van der Waals surface area contributed by atoms with Gasteiger partial charge in [-0.3, -0.25) is 0 Å². The summed E-state index contributed by atoms with van der Waals surface area (Å²) in [4.78, 5) is 0. The number of nitrogens with zero attached hydrogens (tertiary/aromatic N) is 3. The Kier molecular flexibility index (Phi) is 2.90. The van der Waals surface area contributed by atoms with E-state index in [1.807, 2.05) is 0 Å². The third kappa shape index (κ3) is 2.10. The van der Waals surface area contributed by atoms with Crippen molar-refractivity contribution in [2.45, 2.75) is 58.0 Å². The van der Waals surface area contributed by atoms with Crippen LogP contribution in [-0.4, -0.2) is 27.4 Å². The van der Waals surface area contributed by atoms with Crippen molar-refractivity contribution >= 4 is 0 Å². The second kappa shape index (κ2) is 4.41. The van der Waals surface area contributed by atoms with Crippen molar-refractivity contribution < 1.29 is 0 Å². The molecule has 3 heterocycles. The van der Waals surface area contributed by atoms with E-state index in [1.54, 1.807) is 0 Å². The number of rotatable bonds is 1. The van der Waals surface area contributed by atoms with Crippen molar-refractivity contribution in [2.24, 2.45) is 5.92 Å². The van der Waals surface area contributed by atoms with E-state index in [4.69, 9.17) is 0 Å².